The fourth-order valence-electron chi connectivity index (χ4n) is 3.31. The van der Waals surface area contributed by atoms with Crippen LogP contribution in [0.3, 0.4) is 0 Å². The summed E-state index contributed by atoms with van der Waals surface area (Å²) in [6.07, 6.45) is 0. The van der Waals surface area contributed by atoms with E-state index in [1.807, 2.05) is 45.4 Å². The highest BCUT2D eigenvalue weighted by atomic mass is 16.3. The normalized spacial score (nSPS) is 22.0. The van der Waals surface area contributed by atoms with E-state index in [1.165, 1.54) is 0 Å². The number of nitrogens with zero attached hydrogens (tertiary/aromatic N) is 4. The van der Waals surface area contributed by atoms with E-state index in [9.17, 15) is 9.90 Å². The van der Waals surface area contributed by atoms with Gasteiger partial charge in [-0.2, -0.15) is 5.10 Å². The molecule has 118 valence electrons. The van der Waals surface area contributed by atoms with Crippen LogP contribution in [0, 0.1) is 5.92 Å². The fraction of sp³-hybridized carbons (Fsp3) is 0.500. The first-order valence-electron chi connectivity index (χ1n) is 7.51. The minimum atomic E-state index is -0.0559. The third-order valence-electron chi connectivity index (χ3n) is 4.55. The average Bonchev–Trinajstić information content (AvgIpc) is 3.09. The monoisotopic (exact) mass is 302 g/mol. The van der Waals surface area contributed by atoms with E-state index >= 15 is 0 Å². The quantitative estimate of drug-likeness (QED) is 0.900. The number of para-hydroxylation sites is 1. The smallest absolute Gasteiger partial charge is 0.275 e. The fourth-order valence-corrected chi connectivity index (χ4v) is 3.31. The molecular formula is C16H22N4O2. The standard InChI is InChI=1S/C16H22N4O2/c1-18(2)14-9-20(8-11(14)10-21)16(22)15-12-6-4-5-7-13(12)19(3)17-15/h4-7,11,14,21H,8-10H2,1-3H3/t11-,14+/m0/s1. The lowest BCUT2D eigenvalue weighted by Crippen LogP contribution is -2.37. The SMILES string of the molecule is CN(C)[C@@H]1CN(C(=O)c2nn(C)c3ccccc23)C[C@H]1CO. The molecule has 0 bridgehead atoms. The van der Waals surface area contributed by atoms with Gasteiger partial charge in [0, 0.05) is 44.1 Å². The van der Waals surface area contributed by atoms with Gasteiger partial charge in [0.15, 0.2) is 5.69 Å². The molecule has 2 aromatic rings. The highest BCUT2D eigenvalue weighted by Crippen LogP contribution is 2.24. The maximum atomic E-state index is 12.9. The first-order chi connectivity index (χ1) is 10.5. The molecule has 0 saturated carbocycles. The van der Waals surface area contributed by atoms with E-state index in [2.05, 4.69) is 10.00 Å². The Hall–Kier alpha value is -1.92. The van der Waals surface area contributed by atoms with Crippen molar-refractivity contribution in [2.24, 2.45) is 13.0 Å². The summed E-state index contributed by atoms with van der Waals surface area (Å²) >= 11 is 0. The molecule has 1 aromatic heterocycles. The Kier molecular flexibility index (Phi) is 3.88. The number of likely N-dealkylation sites (tertiary alicyclic amines) is 1. The third-order valence-corrected chi connectivity index (χ3v) is 4.55. The Bertz CT molecular complexity index is 695. The molecule has 1 aliphatic heterocycles. The molecule has 1 saturated heterocycles. The molecule has 1 aromatic carbocycles. The number of fused-ring (bicyclic) bond motifs is 1. The Morgan fingerprint density at radius 1 is 1.36 bits per heavy atom. The molecule has 2 atom stereocenters. The molecule has 2 heterocycles. The number of hydrogen-bond donors (Lipinski definition) is 1. The Labute approximate surface area is 129 Å². The van der Waals surface area contributed by atoms with Gasteiger partial charge in [0.1, 0.15) is 0 Å². The molecule has 1 amide bonds. The van der Waals surface area contributed by atoms with Crippen LogP contribution in [0.2, 0.25) is 0 Å². The van der Waals surface area contributed by atoms with E-state index in [1.54, 1.807) is 9.58 Å². The largest absolute Gasteiger partial charge is 0.396 e. The number of aromatic nitrogens is 2. The van der Waals surface area contributed by atoms with Crippen molar-refractivity contribution >= 4 is 16.8 Å². The lowest BCUT2D eigenvalue weighted by molar-refractivity contribution is 0.0774. The number of aliphatic hydroxyl groups is 1. The number of aryl methyl sites for hydroxylation is 1. The van der Waals surface area contributed by atoms with Crippen LogP contribution in [0.1, 0.15) is 10.5 Å². The van der Waals surface area contributed by atoms with Crippen LogP contribution in [0.4, 0.5) is 0 Å². The molecule has 1 N–H and O–H groups in total. The molecular weight excluding hydrogens is 280 g/mol. The van der Waals surface area contributed by atoms with Gasteiger partial charge in [-0.1, -0.05) is 18.2 Å². The van der Waals surface area contributed by atoms with E-state index < -0.39 is 0 Å². The van der Waals surface area contributed by atoms with E-state index in [-0.39, 0.29) is 24.5 Å². The zero-order valence-corrected chi connectivity index (χ0v) is 13.2. The minimum absolute atomic E-state index is 0.0559. The molecule has 22 heavy (non-hydrogen) atoms. The van der Waals surface area contributed by atoms with Gasteiger partial charge < -0.3 is 14.9 Å². The molecule has 0 unspecified atom stereocenters. The number of rotatable bonds is 3. The van der Waals surface area contributed by atoms with Crippen LogP contribution in [-0.2, 0) is 7.05 Å². The molecule has 1 aliphatic rings. The van der Waals surface area contributed by atoms with Crippen LogP contribution >= 0.6 is 0 Å². The zero-order valence-electron chi connectivity index (χ0n) is 13.2. The lowest BCUT2D eigenvalue weighted by Gasteiger charge is -2.23. The highest BCUT2D eigenvalue weighted by molar-refractivity contribution is 6.04. The average molecular weight is 302 g/mol. The number of hydrogen-bond acceptors (Lipinski definition) is 4. The van der Waals surface area contributed by atoms with Crippen molar-refractivity contribution in [2.75, 3.05) is 33.8 Å². The van der Waals surface area contributed by atoms with Crippen LogP contribution in [0.15, 0.2) is 24.3 Å². The lowest BCUT2D eigenvalue weighted by atomic mass is 10.0. The van der Waals surface area contributed by atoms with Crippen molar-refractivity contribution in [3.05, 3.63) is 30.0 Å². The summed E-state index contributed by atoms with van der Waals surface area (Å²) in [7, 11) is 5.82. The molecule has 6 nitrogen and oxygen atoms in total. The summed E-state index contributed by atoms with van der Waals surface area (Å²) in [5, 5.41) is 14.8. The van der Waals surface area contributed by atoms with E-state index in [0.717, 1.165) is 10.9 Å². The first-order valence-corrected chi connectivity index (χ1v) is 7.51. The van der Waals surface area contributed by atoms with Gasteiger partial charge in [-0.25, -0.2) is 0 Å². The number of carbonyl (C=O) groups is 1. The molecule has 0 spiro atoms. The zero-order chi connectivity index (χ0) is 15.9. The summed E-state index contributed by atoms with van der Waals surface area (Å²) in [5.74, 6) is 0.0357. The first kappa shape index (κ1) is 15.0. The van der Waals surface area contributed by atoms with Crippen molar-refractivity contribution in [1.29, 1.82) is 0 Å². The van der Waals surface area contributed by atoms with E-state index in [0.29, 0.717) is 18.8 Å². The van der Waals surface area contributed by atoms with Crippen molar-refractivity contribution in [3.8, 4) is 0 Å². The van der Waals surface area contributed by atoms with Gasteiger partial charge in [-0.05, 0) is 20.2 Å². The second-order valence-corrected chi connectivity index (χ2v) is 6.17. The molecule has 0 radical (unpaired) electrons. The van der Waals surface area contributed by atoms with Gasteiger partial charge in [-0.3, -0.25) is 9.48 Å². The second kappa shape index (κ2) is 5.70. The number of benzene rings is 1. The number of aliphatic hydroxyl groups excluding tert-OH is 1. The number of amides is 1. The summed E-state index contributed by atoms with van der Waals surface area (Å²) in [6.45, 7) is 1.29. The summed E-state index contributed by atoms with van der Waals surface area (Å²) in [4.78, 5) is 16.7. The van der Waals surface area contributed by atoms with Crippen LogP contribution in [0.25, 0.3) is 10.9 Å². The van der Waals surface area contributed by atoms with Crippen LogP contribution in [-0.4, -0.2) is 70.4 Å². The highest BCUT2D eigenvalue weighted by Gasteiger charge is 2.37. The maximum absolute atomic E-state index is 12.9. The predicted octanol–water partition coefficient (Wildman–Crippen LogP) is 0.568. The number of likely N-dealkylation sites (N-methyl/N-ethyl adjacent to an activating group) is 1. The molecule has 1 fully saturated rings. The second-order valence-electron chi connectivity index (χ2n) is 6.17. The number of carbonyl (C=O) groups excluding carboxylic acids is 1. The summed E-state index contributed by atoms with van der Waals surface area (Å²) in [6, 6.07) is 7.94. The summed E-state index contributed by atoms with van der Waals surface area (Å²) in [5.41, 5.74) is 1.45. The minimum Gasteiger partial charge on any atom is -0.396 e. The molecule has 0 aliphatic carbocycles. The summed E-state index contributed by atoms with van der Waals surface area (Å²) < 4.78 is 1.74. The van der Waals surface area contributed by atoms with Crippen molar-refractivity contribution in [1.82, 2.24) is 19.6 Å². The Morgan fingerprint density at radius 3 is 2.73 bits per heavy atom. The predicted molar refractivity (Wildman–Crippen MR) is 84.7 cm³/mol. The van der Waals surface area contributed by atoms with Gasteiger partial charge in [0.2, 0.25) is 0 Å². The van der Waals surface area contributed by atoms with Gasteiger partial charge >= 0.3 is 0 Å². The maximum Gasteiger partial charge on any atom is 0.275 e. The van der Waals surface area contributed by atoms with Crippen molar-refractivity contribution in [3.63, 3.8) is 0 Å². The van der Waals surface area contributed by atoms with E-state index in [4.69, 9.17) is 0 Å². The van der Waals surface area contributed by atoms with Gasteiger partial charge in [0.05, 0.1) is 5.52 Å². The topological polar surface area (TPSA) is 61.6 Å². The van der Waals surface area contributed by atoms with Gasteiger partial charge in [0.25, 0.3) is 5.91 Å². The molecule has 3 rings (SSSR count). The van der Waals surface area contributed by atoms with Crippen LogP contribution < -0.4 is 0 Å². The van der Waals surface area contributed by atoms with Crippen molar-refractivity contribution < 1.29 is 9.90 Å². The third kappa shape index (κ3) is 2.38. The van der Waals surface area contributed by atoms with Crippen molar-refractivity contribution in [2.45, 2.75) is 6.04 Å². The Morgan fingerprint density at radius 2 is 2.09 bits per heavy atom. The Balaban J connectivity index is 1.91. The molecule has 6 heteroatoms. The van der Waals surface area contributed by atoms with Crippen LogP contribution in [0.5, 0.6) is 0 Å². The van der Waals surface area contributed by atoms with Gasteiger partial charge in [-0.15, -0.1) is 0 Å².